The SMILES string of the molecule is C[Si](O)(O[Si](C)(c1ccccc1)c1ccccc1)O[Si](C)(c1ccccc1)c1ccccc1.C[Si](O)(O[Si](C)(c1ccccc1)c1ccccc1)O[Si](C)(c1ccccc1)c1ccccc1.C[Si](O)(O[Si](C)(c1ccccc1)c1ccccc1)O[Si](C)(c1ccccc1)c1ccccc1.C[Si](O)(O[Si](C)(c1ccccc1)c1ccccc1)O[Si](C)(c1ccccc1)c1ccccc1.[Ce]. The van der Waals surface area contributed by atoms with Gasteiger partial charge in [0.05, 0.1) is 0 Å². The van der Waals surface area contributed by atoms with Crippen molar-refractivity contribution in [3.63, 3.8) is 0 Å². The predicted molar refractivity (Wildman–Crippen MR) is 574 cm³/mol. The van der Waals surface area contributed by atoms with E-state index in [0.29, 0.717) is 0 Å². The van der Waals surface area contributed by atoms with Crippen molar-refractivity contribution in [1.82, 2.24) is 0 Å². The van der Waals surface area contributed by atoms with Crippen LogP contribution in [0, 0.1) is 41.7 Å². The molecular weight excluding hydrogens is 1970 g/mol. The first kappa shape index (κ1) is 103. The van der Waals surface area contributed by atoms with E-state index < -0.39 is 102 Å². The monoisotopic (exact) mass is 2080 g/mol. The zero-order chi connectivity index (χ0) is 93.5. The molecule has 0 radical (unpaired) electrons. The van der Waals surface area contributed by atoms with Gasteiger partial charge >= 0.3 is 35.2 Å². The van der Waals surface area contributed by atoms with Gasteiger partial charge < -0.3 is 52.1 Å². The Balaban J connectivity index is 0.000000160. The van der Waals surface area contributed by atoms with Crippen LogP contribution in [-0.2, 0) is 32.9 Å². The van der Waals surface area contributed by atoms with Crippen LogP contribution in [0.3, 0.4) is 0 Å². The quantitative estimate of drug-likeness (QED) is 0.0297. The van der Waals surface area contributed by atoms with Crippen molar-refractivity contribution in [3.05, 3.63) is 485 Å². The maximum Gasteiger partial charge on any atom is 0.474 e. The topological polar surface area (TPSA) is 155 Å². The van der Waals surface area contributed by atoms with Gasteiger partial charge in [0.1, 0.15) is 0 Å². The van der Waals surface area contributed by atoms with E-state index in [1.54, 1.807) is 26.2 Å². The van der Waals surface area contributed by atoms with Gasteiger partial charge in [0, 0.05) is 67.9 Å². The molecule has 16 aromatic carbocycles. The van der Waals surface area contributed by atoms with Crippen molar-refractivity contribution >= 4 is 185 Å². The summed E-state index contributed by atoms with van der Waals surface area (Å²) < 4.78 is 54.3. The van der Waals surface area contributed by atoms with Crippen molar-refractivity contribution in [2.24, 2.45) is 0 Å². The Morgan fingerprint density at radius 3 is 0.218 bits per heavy atom. The molecule has 0 bridgehead atoms. The predicted octanol–water partition coefficient (Wildman–Crippen LogP) is 13.4. The Hall–Kier alpha value is -8.98. The average molecular weight is 2090 g/mol. The van der Waals surface area contributed by atoms with E-state index in [-0.39, 0.29) is 41.7 Å². The zero-order valence-electron chi connectivity index (χ0n) is 77.7. The molecule has 0 fully saturated rings. The van der Waals surface area contributed by atoms with Crippen LogP contribution in [-0.4, -0.2) is 121 Å². The molecule has 0 aromatic heterocycles. The third kappa shape index (κ3) is 26.0. The molecule has 0 atom stereocenters. The molecular formula is C108H120CeO12Si12. The normalized spacial score (nSPS) is 12.4. The summed E-state index contributed by atoms with van der Waals surface area (Å²) in [5.41, 5.74) is 0. The first-order chi connectivity index (χ1) is 63.3. The molecule has 16 rings (SSSR count). The second-order valence-electron chi connectivity index (χ2n) is 34.5. The van der Waals surface area contributed by atoms with Gasteiger partial charge in [0.25, 0.3) is 0 Å². The summed E-state index contributed by atoms with van der Waals surface area (Å²) in [6.45, 7) is 24.2. The van der Waals surface area contributed by atoms with Crippen molar-refractivity contribution in [1.29, 1.82) is 0 Å². The Morgan fingerprint density at radius 1 is 0.113 bits per heavy atom. The second kappa shape index (κ2) is 46.2. The summed E-state index contributed by atoms with van der Waals surface area (Å²) in [4.78, 5) is 47.2. The van der Waals surface area contributed by atoms with Crippen LogP contribution in [0.25, 0.3) is 0 Å². The van der Waals surface area contributed by atoms with Crippen LogP contribution >= 0.6 is 0 Å². The zero-order valence-corrected chi connectivity index (χ0v) is 92.9. The van der Waals surface area contributed by atoms with Crippen molar-refractivity contribution in [3.8, 4) is 0 Å². The van der Waals surface area contributed by atoms with Crippen LogP contribution in [0.2, 0.25) is 78.6 Å². The van der Waals surface area contributed by atoms with Crippen molar-refractivity contribution < 1.29 is 93.9 Å². The molecule has 676 valence electrons. The summed E-state index contributed by atoms with van der Waals surface area (Å²) >= 11 is 0. The number of rotatable bonds is 32. The van der Waals surface area contributed by atoms with E-state index in [4.69, 9.17) is 32.9 Å². The molecule has 0 amide bonds. The molecule has 12 nitrogen and oxygen atoms in total. The minimum Gasteiger partial charge on any atom is -0.408 e. The average Bonchev–Trinajstić information content (AvgIpc) is 0.769. The van der Waals surface area contributed by atoms with Crippen molar-refractivity contribution in [2.75, 3.05) is 0 Å². The maximum atomic E-state index is 11.8. The van der Waals surface area contributed by atoms with Gasteiger partial charge in [-0.2, -0.15) is 0 Å². The van der Waals surface area contributed by atoms with Crippen LogP contribution in [0.4, 0.5) is 0 Å². The van der Waals surface area contributed by atoms with Crippen LogP contribution < -0.4 is 83.0 Å². The molecule has 0 saturated carbocycles. The third-order valence-corrected chi connectivity index (χ3v) is 72.5. The first-order valence-corrected chi connectivity index (χ1v) is 73.1. The summed E-state index contributed by atoms with van der Waals surface area (Å²) in [5.74, 6) is 0. The molecule has 0 saturated heterocycles. The number of hydrogen-bond acceptors (Lipinski definition) is 12. The smallest absolute Gasteiger partial charge is 0.408 e. The molecule has 0 spiro atoms. The molecule has 0 heterocycles. The summed E-state index contributed by atoms with van der Waals surface area (Å²) in [7, 11) is -36.2. The summed E-state index contributed by atoms with van der Waals surface area (Å²) in [6.07, 6.45) is 0. The molecule has 0 aliphatic rings. The van der Waals surface area contributed by atoms with Gasteiger partial charge in [0.15, 0.2) is 0 Å². The van der Waals surface area contributed by atoms with Crippen molar-refractivity contribution in [2.45, 2.75) is 78.6 Å². The van der Waals surface area contributed by atoms with Gasteiger partial charge in [-0.1, -0.05) is 485 Å². The standard InChI is InChI=1S/4C27H30O3Si3.Ce/c4*1-31(24-16-8-4-9-17-24,25-18-10-5-11-19-25)29-33(3,28)30-32(2,26-20-12-6-13-21-26)27-22-14-7-15-23-27;/h4*4-23,28H,1-3H3;. The fourth-order valence-electron chi connectivity index (χ4n) is 17.5. The summed E-state index contributed by atoms with van der Waals surface area (Å²) in [5, 5.41) is 17.7. The van der Waals surface area contributed by atoms with Crippen LogP contribution in [0.5, 0.6) is 0 Å². The Morgan fingerprint density at radius 2 is 0.165 bits per heavy atom. The van der Waals surface area contributed by atoms with E-state index >= 15 is 0 Å². The Bertz CT molecular complexity index is 4700. The molecule has 16 aromatic rings. The van der Waals surface area contributed by atoms with Gasteiger partial charge in [-0.3, -0.25) is 0 Å². The summed E-state index contributed by atoms with van der Waals surface area (Å²) in [6, 6.07) is 164. The van der Waals surface area contributed by atoms with Gasteiger partial charge in [-0.25, -0.2) is 0 Å². The van der Waals surface area contributed by atoms with E-state index in [9.17, 15) is 19.2 Å². The fourth-order valence-corrected chi connectivity index (χ4v) is 67.4. The maximum absolute atomic E-state index is 11.8. The second-order valence-corrected chi connectivity index (χ2v) is 74.0. The van der Waals surface area contributed by atoms with E-state index in [2.05, 4.69) is 246 Å². The van der Waals surface area contributed by atoms with E-state index in [0.717, 1.165) is 83.0 Å². The van der Waals surface area contributed by atoms with E-state index in [1.807, 2.05) is 291 Å². The third-order valence-electron chi connectivity index (χ3n) is 24.3. The van der Waals surface area contributed by atoms with Crippen LogP contribution in [0.15, 0.2) is 485 Å². The minimum absolute atomic E-state index is 0. The minimum atomic E-state index is -3.58. The number of benzene rings is 16. The van der Waals surface area contributed by atoms with Gasteiger partial charge in [0.2, 0.25) is 66.5 Å². The molecule has 0 aliphatic carbocycles. The number of hydrogen-bond donors (Lipinski definition) is 4. The molecule has 133 heavy (non-hydrogen) atoms. The largest absolute Gasteiger partial charge is 0.474 e. The van der Waals surface area contributed by atoms with E-state index in [1.165, 1.54) is 0 Å². The van der Waals surface area contributed by atoms with Crippen LogP contribution in [0.1, 0.15) is 0 Å². The molecule has 4 N–H and O–H groups in total. The molecule has 0 aliphatic heterocycles. The van der Waals surface area contributed by atoms with Gasteiger partial charge in [-0.05, 0) is 135 Å². The van der Waals surface area contributed by atoms with Gasteiger partial charge in [-0.15, -0.1) is 0 Å². The molecule has 25 heteroatoms. The Kier molecular flexibility index (Phi) is 35.8. The Labute approximate surface area is 834 Å². The molecule has 0 unspecified atom stereocenters. The fraction of sp³-hybridized carbons (Fsp3) is 0.111. The first-order valence-electron chi connectivity index (χ1n) is 44.7.